The average Bonchev–Trinajstić information content (AvgIpc) is 2.69. The third kappa shape index (κ3) is 5.56. The second kappa shape index (κ2) is 10.2. The summed E-state index contributed by atoms with van der Waals surface area (Å²) in [7, 11) is 0. The van der Waals surface area contributed by atoms with Crippen molar-refractivity contribution in [1.82, 2.24) is 0 Å². The Morgan fingerprint density at radius 2 is 1.41 bits per heavy atom. The molecule has 3 rings (SSSR count). The predicted molar refractivity (Wildman–Crippen MR) is 110 cm³/mol. The lowest BCUT2D eigenvalue weighted by Crippen LogP contribution is -2.61. The first-order valence-corrected chi connectivity index (χ1v) is 10.6. The second-order valence-corrected chi connectivity index (χ2v) is 8.14. The fourth-order valence-electron chi connectivity index (χ4n) is 3.32. The molecule has 0 radical (unpaired) electrons. The zero-order valence-corrected chi connectivity index (χ0v) is 16.8. The molecule has 1 aliphatic heterocycles. The van der Waals surface area contributed by atoms with Crippen LogP contribution in [0, 0.1) is 0 Å². The highest BCUT2D eigenvalue weighted by Crippen LogP contribution is 2.31. The Bertz CT molecular complexity index is 670. The molecule has 5 atom stereocenters. The van der Waals surface area contributed by atoms with Crippen molar-refractivity contribution < 1.29 is 14.2 Å². The van der Waals surface area contributed by atoms with Gasteiger partial charge in [0.15, 0.2) is 0 Å². The molecule has 0 saturated carbocycles. The van der Waals surface area contributed by atoms with Crippen molar-refractivity contribution in [3.05, 3.63) is 71.8 Å². The van der Waals surface area contributed by atoms with Crippen LogP contribution in [0.5, 0.6) is 0 Å². The maximum atomic E-state index is 6.62. The van der Waals surface area contributed by atoms with E-state index in [0.717, 1.165) is 16.9 Å². The van der Waals surface area contributed by atoms with Gasteiger partial charge in [0.05, 0.1) is 25.4 Å². The molecule has 0 aromatic heterocycles. The van der Waals surface area contributed by atoms with E-state index in [2.05, 4.69) is 31.2 Å². The Kier molecular flexibility index (Phi) is 7.73. The predicted octanol–water partition coefficient (Wildman–Crippen LogP) is 3.98. The van der Waals surface area contributed by atoms with E-state index in [1.165, 1.54) is 0 Å². The van der Waals surface area contributed by atoms with Crippen molar-refractivity contribution in [2.24, 2.45) is 5.73 Å². The molecule has 146 valence electrons. The zero-order chi connectivity index (χ0) is 19.1. The monoisotopic (exact) mass is 387 g/mol. The normalized spacial score (nSPS) is 28.2. The Morgan fingerprint density at radius 3 is 1.93 bits per heavy atom. The van der Waals surface area contributed by atoms with Gasteiger partial charge in [-0.25, -0.2) is 0 Å². The molecule has 1 aliphatic rings. The third-order valence-corrected chi connectivity index (χ3v) is 5.78. The zero-order valence-electron chi connectivity index (χ0n) is 16.0. The number of nitrogens with two attached hydrogens (primary N) is 1. The van der Waals surface area contributed by atoms with Crippen LogP contribution >= 0.6 is 11.8 Å². The van der Waals surface area contributed by atoms with E-state index in [1.54, 1.807) is 11.8 Å². The number of ether oxygens (including phenoxy) is 3. The molecule has 0 spiro atoms. The fraction of sp³-hybridized carbons (Fsp3) is 0.455. The molecular formula is C22H29NO3S. The number of benzene rings is 2. The molecule has 5 heteroatoms. The minimum absolute atomic E-state index is 0.0793. The summed E-state index contributed by atoms with van der Waals surface area (Å²) in [6.07, 6.45) is -0.504. The van der Waals surface area contributed by atoms with Crippen LogP contribution in [0.15, 0.2) is 60.7 Å². The smallest absolute Gasteiger partial charge is 0.131 e. The molecule has 0 amide bonds. The summed E-state index contributed by atoms with van der Waals surface area (Å²) in [5, 5.41) is 0. The topological polar surface area (TPSA) is 53.7 Å². The van der Waals surface area contributed by atoms with E-state index >= 15 is 0 Å². The molecule has 4 nitrogen and oxygen atoms in total. The van der Waals surface area contributed by atoms with Crippen LogP contribution in [-0.2, 0) is 27.4 Å². The Labute approximate surface area is 166 Å². The summed E-state index contributed by atoms with van der Waals surface area (Å²) in [4.78, 5) is 0. The van der Waals surface area contributed by atoms with Gasteiger partial charge in [-0.05, 0) is 23.8 Å². The van der Waals surface area contributed by atoms with Gasteiger partial charge < -0.3 is 19.9 Å². The van der Waals surface area contributed by atoms with Gasteiger partial charge in [-0.15, -0.1) is 11.8 Å². The van der Waals surface area contributed by atoms with Crippen LogP contribution in [-0.4, -0.2) is 35.5 Å². The highest BCUT2D eigenvalue weighted by molar-refractivity contribution is 7.99. The van der Waals surface area contributed by atoms with Crippen LogP contribution in [0.2, 0.25) is 0 Å². The largest absolute Gasteiger partial charge is 0.369 e. The van der Waals surface area contributed by atoms with Crippen LogP contribution in [0.4, 0.5) is 0 Å². The molecule has 2 N–H and O–H groups in total. The lowest BCUT2D eigenvalue weighted by atomic mass is 9.98. The van der Waals surface area contributed by atoms with Crippen molar-refractivity contribution in [3.63, 3.8) is 0 Å². The third-order valence-electron chi connectivity index (χ3n) is 4.74. The molecule has 1 heterocycles. The Balaban J connectivity index is 1.66. The highest BCUT2D eigenvalue weighted by Gasteiger charge is 2.43. The maximum Gasteiger partial charge on any atom is 0.131 e. The van der Waals surface area contributed by atoms with E-state index in [9.17, 15) is 0 Å². The number of hydrogen-bond acceptors (Lipinski definition) is 5. The quantitative estimate of drug-likeness (QED) is 0.742. The second-order valence-electron chi connectivity index (χ2n) is 6.76. The summed E-state index contributed by atoms with van der Waals surface area (Å²) in [5.41, 5.74) is 8.79. The minimum Gasteiger partial charge on any atom is -0.369 e. The standard InChI is InChI=1S/C22H29NO3S/c1-3-27-22-21(25-15-18-12-8-5-9-13-18)19(23)20(16(2)26-22)24-14-17-10-6-4-7-11-17/h4-13,16,19-22H,3,14-15,23H2,1-2H3/t16-,19+,20-,21-,22?/m1/s1. The van der Waals surface area contributed by atoms with E-state index in [1.807, 2.05) is 43.3 Å². The molecule has 0 bridgehead atoms. The summed E-state index contributed by atoms with van der Waals surface area (Å²) in [6.45, 7) is 5.19. The molecule has 1 fully saturated rings. The van der Waals surface area contributed by atoms with E-state index in [4.69, 9.17) is 19.9 Å². The molecule has 0 aliphatic carbocycles. The van der Waals surface area contributed by atoms with Gasteiger partial charge in [0.1, 0.15) is 17.6 Å². The van der Waals surface area contributed by atoms with Gasteiger partial charge in [-0.1, -0.05) is 67.6 Å². The van der Waals surface area contributed by atoms with Crippen molar-refractivity contribution in [3.8, 4) is 0 Å². The van der Waals surface area contributed by atoms with Gasteiger partial charge >= 0.3 is 0 Å². The van der Waals surface area contributed by atoms with Crippen LogP contribution in [0.1, 0.15) is 25.0 Å². The van der Waals surface area contributed by atoms with Gasteiger partial charge in [0, 0.05) is 0 Å². The fourth-order valence-corrected chi connectivity index (χ4v) is 4.35. The SMILES string of the molecule is CCSC1O[C@H](C)[C@@H](OCc2ccccc2)[C@H](N)[C@H]1OCc1ccccc1. The van der Waals surface area contributed by atoms with Gasteiger partial charge in [0.25, 0.3) is 0 Å². The van der Waals surface area contributed by atoms with Crippen molar-refractivity contribution >= 4 is 11.8 Å². The summed E-state index contributed by atoms with van der Waals surface area (Å²) >= 11 is 1.74. The van der Waals surface area contributed by atoms with E-state index in [0.29, 0.717) is 13.2 Å². The minimum atomic E-state index is -0.245. The molecule has 1 unspecified atom stereocenters. The summed E-state index contributed by atoms with van der Waals surface area (Å²) < 4.78 is 18.6. The van der Waals surface area contributed by atoms with Gasteiger partial charge in [-0.3, -0.25) is 0 Å². The maximum absolute atomic E-state index is 6.62. The van der Waals surface area contributed by atoms with E-state index in [-0.39, 0.29) is 29.8 Å². The van der Waals surface area contributed by atoms with Gasteiger partial charge in [0.2, 0.25) is 0 Å². The average molecular weight is 388 g/mol. The summed E-state index contributed by atoms with van der Waals surface area (Å²) in [6, 6.07) is 20.0. The lowest BCUT2D eigenvalue weighted by molar-refractivity contribution is -0.181. The lowest BCUT2D eigenvalue weighted by Gasteiger charge is -2.44. The Hall–Kier alpha value is -1.37. The summed E-state index contributed by atoms with van der Waals surface area (Å²) in [5.74, 6) is 0.949. The number of thioether (sulfide) groups is 1. The Morgan fingerprint density at radius 1 is 0.889 bits per heavy atom. The van der Waals surface area contributed by atoms with Crippen LogP contribution < -0.4 is 5.73 Å². The van der Waals surface area contributed by atoms with Crippen molar-refractivity contribution in [2.45, 2.75) is 56.9 Å². The highest BCUT2D eigenvalue weighted by atomic mass is 32.2. The first-order valence-electron chi connectivity index (χ1n) is 9.52. The molecule has 2 aromatic carbocycles. The van der Waals surface area contributed by atoms with Crippen molar-refractivity contribution in [1.29, 1.82) is 0 Å². The first-order chi connectivity index (χ1) is 13.2. The molecule has 2 aromatic rings. The number of rotatable bonds is 8. The van der Waals surface area contributed by atoms with E-state index < -0.39 is 0 Å². The van der Waals surface area contributed by atoms with Crippen LogP contribution in [0.3, 0.4) is 0 Å². The molecule has 1 saturated heterocycles. The molecule has 27 heavy (non-hydrogen) atoms. The van der Waals surface area contributed by atoms with Crippen molar-refractivity contribution in [2.75, 3.05) is 5.75 Å². The number of hydrogen-bond donors (Lipinski definition) is 1. The molecular weight excluding hydrogens is 358 g/mol. The first kappa shape index (κ1) is 20.4. The van der Waals surface area contributed by atoms with Crippen LogP contribution in [0.25, 0.3) is 0 Å². The van der Waals surface area contributed by atoms with Gasteiger partial charge in [-0.2, -0.15) is 0 Å².